The fraction of sp³-hybridized carbons (Fsp3) is 0.500. The molecule has 7 heteroatoms. The summed E-state index contributed by atoms with van der Waals surface area (Å²) in [6.45, 7) is 6.95. The van der Waals surface area contributed by atoms with Crippen molar-refractivity contribution >= 4 is 12.0 Å². The van der Waals surface area contributed by atoms with Crippen LogP contribution in [0.15, 0.2) is 41.2 Å². The van der Waals surface area contributed by atoms with Crippen LogP contribution in [0.5, 0.6) is 0 Å². The molecule has 27 heavy (non-hydrogen) atoms. The van der Waals surface area contributed by atoms with Crippen molar-refractivity contribution in [2.75, 3.05) is 64.9 Å². The van der Waals surface area contributed by atoms with Gasteiger partial charge in [-0.05, 0) is 31.2 Å². The van der Waals surface area contributed by atoms with E-state index in [2.05, 4.69) is 44.0 Å². The highest BCUT2D eigenvalue weighted by atomic mass is 16.5. The van der Waals surface area contributed by atoms with E-state index in [1.54, 1.807) is 13.3 Å². The molecule has 0 amide bonds. The molecule has 1 aromatic rings. The number of nitrogens with zero attached hydrogens (tertiary/aromatic N) is 6. The minimum Gasteiger partial charge on any atom is -0.498 e. The van der Waals surface area contributed by atoms with Crippen LogP contribution in [0.25, 0.3) is 0 Å². The monoisotopic (exact) mass is 368 g/mol. The molecule has 1 aromatic carbocycles. The van der Waals surface area contributed by atoms with Gasteiger partial charge < -0.3 is 14.5 Å². The van der Waals surface area contributed by atoms with Crippen molar-refractivity contribution in [3.8, 4) is 6.07 Å². The van der Waals surface area contributed by atoms with E-state index in [4.69, 9.17) is 10.00 Å². The SMILES string of the molecule is COC1=CN=CN(N2CCN(CCCN(C)c3cccc(C#N)c3)CC2)C1. The van der Waals surface area contributed by atoms with Crippen LogP contribution in [-0.2, 0) is 4.74 Å². The predicted octanol–water partition coefficient (Wildman–Crippen LogP) is 1.75. The smallest absolute Gasteiger partial charge is 0.135 e. The molecule has 0 aliphatic carbocycles. The van der Waals surface area contributed by atoms with Crippen molar-refractivity contribution in [2.45, 2.75) is 6.42 Å². The summed E-state index contributed by atoms with van der Waals surface area (Å²) >= 11 is 0. The van der Waals surface area contributed by atoms with Gasteiger partial charge in [0.25, 0.3) is 0 Å². The second-order valence-corrected chi connectivity index (χ2v) is 6.89. The lowest BCUT2D eigenvalue weighted by Crippen LogP contribution is -2.54. The van der Waals surface area contributed by atoms with E-state index >= 15 is 0 Å². The van der Waals surface area contributed by atoms with E-state index < -0.39 is 0 Å². The maximum atomic E-state index is 9.03. The van der Waals surface area contributed by atoms with Gasteiger partial charge in [0.1, 0.15) is 12.1 Å². The summed E-state index contributed by atoms with van der Waals surface area (Å²) in [6, 6.07) is 9.99. The number of aliphatic imine (C=N–C) groups is 1. The Morgan fingerprint density at radius 3 is 2.81 bits per heavy atom. The van der Waals surface area contributed by atoms with Crippen molar-refractivity contribution in [3.05, 3.63) is 41.8 Å². The van der Waals surface area contributed by atoms with Crippen LogP contribution in [0.3, 0.4) is 0 Å². The number of methoxy groups -OCH3 is 1. The van der Waals surface area contributed by atoms with Crippen molar-refractivity contribution < 1.29 is 4.74 Å². The molecule has 0 saturated carbocycles. The number of ether oxygens (including phenoxy) is 1. The Labute approximate surface area is 161 Å². The summed E-state index contributed by atoms with van der Waals surface area (Å²) in [5.74, 6) is 0.892. The molecule has 0 atom stereocenters. The highest BCUT2D eigenvalue weighted by molar-refractivity contribution is 5.57. The zero-order chi connectivity index (χ0) is 19.1. The first-order valence-electron chi connectivity index (χ1n) is 9.41. The van der Waals surface area contributed by atoms with Gasteiger partial charge in [-0.3, -0.25) is 5.01 Å². The summed E-state index contributed by atoms with van der Waals surface area (Å²) in [7, 11) is 3.78. The van der Waals surface area contributed by atoms with Crippen molar-refractivity contribution in [1.82, 2.24) is 14.9 Å². The Morgan fingerprint density at radius 2 is 2.07 bits per heavy atom. The Kier molecular flexibility index (Phi) is 6.69. The highest BCUT2D eigenvalue weighted by Gasteiger charge is 2.22. The van der Waals surface area contributed by atoms with E-state index in [9.17, 15) is 0 Å². The van der Waals surface area contributed by atoms with Crippen LogP contribution in [0.1, 0.15) is 12.0 Å². The topological polar surface area (TPSA) is 58.3 Å². The van der Waals surface area contributed by atoms with Crippen LogP contribution >= 0.6 is 0 Å². The van der Waals surface area contributed by atoms with Gasteiger partial charge in [-0.2, -0.15) is 5.26 Å². The fourth-order valence-electron chi connectivity index (χ4n) is 3.42. The molecule has 0 radical (unpaired) electrons. The minimum atomic E-state index is 0.711. The van der Waals surface area contributed by atoms with E-state index in [1.165, 1.54) is 0 Å². The Hall–Kier alpha value is -2.56. The Morgan fingerprint density at radius 1 is 1.26 bits per heavy atom. The first-order chi connectivity index (χ1) is 13.2. The third-order valence-corrected chi connectivity index (χ3v) is 5.09. The van der Waals surface area contributed by atoms with E-state index in [0.717, 1.165) is 63.7 Å². The largest absolute Gasteiger partial charge is 0.498 e. The summed E-state index contributed by atoms with van der Waals surface area (Å²) < 4.78 is 5.31. The number of rotatable bonds is 7. The first kappa shape index (κ1) is 19.2. The molecule has 144 valence electrons. The second kappa shape index (κ2) is 9.40. The molecule has 0 N–H and O–H groups in total. The Balaban J connectivity index is 1.38. The van der Waals surface area contributed by atoms with Gasteiger partial charge in [0.2, 0.25) is 0 Å². The van der Waals surface area contributed by atoms with Crippen molar-refractivity contribution in [3.63, 3.8) is 0 Å². The molecule has 1 saturated heterocycles. The molecule has 7 nitrogen and oxygen atoms in total. The molecule has 0 aromatic heterocycles. The number of anilines is 1. The molecule has 1 fully saturated rings. The van der Waals surface area contributed by atoms with E-state index in [1.807, 2.05) is 24.5 Å². The van der Waals surface area contributed by atoms with Gasteiger partial charge >= 0.3 is 0 Å². The lowest BCUT2D eigenvalue weighted by Gasteiger charge is -2.41. The van der Waals surface area contributed by atoms with E-state index in [-0.39, 0.29) is 0 Å². The molecule has 0 bridgehead atoms. The van der Waals surface area contributed by atoms with Gasteiger partial charge in [0.05, 0.1) is 31.5 Å². The molecule has 0 unspecified atom stereocenters. The fourth-order valence-corrected chi connectivity index (χ4v) is 3.42. The van der Waals surface area contributed by atoms with Gasteiger partial charge in [0, 0.05) is 45.5 Å². The molecule has 3 rings (SSSR count). The lowest BCUT2D eigenvalue weighted by molar-refractivity contribution is -0.00253. The molecule has 2 aliphatic heterocycles. The number of hydrogen-bond acceptors (Lipinski definition) is 7. The third-order valence-electron chi connectivity index (χ3n) is 5.09. The third kappa shape index (κ3) is 5.22. The van der Waals surface area contributed by atoms with Crippen LogP contribution < -0.4 is 4.90 Å². The summed E-state index contributed by atoms with van der Waals surface area (Å²) in [5.41, 5.74) is 1.81. The number of piperazine rings is 1. The van der Waals surface area contributed by atoms with Gasteiger partial charge in [-0.1, -0.05) is 6.07 Å². The zero-order valence-electron chi connectivity index (χ0n) is 16.2. The number of benzene rings is 1. The molecule has 0 spiro atoms. The minimum absolute atomic E-state index is 0.711. The van der Waals surface area contributed by atoms with Gasteiger partial charge in [-0.25, -0.2) is 10.0 Å². The quantitative estimate of drug-likeness (QED) is 0.731. The van der Waals surface area contributed by atoms with Crippen molar-refractivity contribution in [1.29, 1.82) is 5.26 Å². The summed E-state index contributed by atoms with van der Waals surface area (Å²) in [6.07, 6.45) is 4.76. The zero-order valence-corrected chi connectivity index (χ0v) is 16.2. The number of hydrazine groups is 1. The molecular formula is C20H28N6O. The Bertz CT molecular complexity index is 717. The normalized spacial score (nSPS) is 18.1. The van der Waals surface area contributed by atoms with Crippen LogP contribution in [-0.4, -0.2) is 81.2 Å². The molecule has 2 heterocycles. The van der Waals surface area contributed by atoms with Gasteiger partial charge in [-0.15, -0.1) is 0 Å². The standard InChI is InChI=1S/C20H28N6O/c1-23(19-6-3-5-18(13-19)14-21)7-4-8-24-9-11-25(12-10-24)26-16-20(27-2)15-22-17-26/h3,5-6,13,15,17H,4,7-12,16H2,1-2H3. The van der Waals surface area contributed by atoms with Crippen LogP contribution in [0.2, 0.25) is 0 Å². The maximum absolute atomic E-state index is 9.03. The first-order valence-corrected chi connectivity index (χ1v) is 9.41. The number of nitriles is 1. The summed E-state index contributed by atoms with van der Waals surface area (Å²) in [4.78, 5) is 8.99. The summed E-state index contributed by atoms with van der Waals surface area (Å²) in [5, 5.41) is 13.5. The molecular weight excluding hydrogens is 340 g/mol. The van der Waals surface area contributed by atoms with E-state index in [0.29, 0.717) is 5.56 Å². The number of hydrogen-bond donors (Lipinski definition) is 0. The maximum Gasteiger partial charge on any atom is 0.135 e. The van der Waals surface area contributed by atoms with Crippen molar-refractivity contribution in [2.24, 2.45) is 4.99 Å². The second-order valence-electron chi connectivity index (χ2n) is 6.89. The lowest BCUT2D eigenvalue weighted by atomic mass is 10.2. The van der Waals surface area contributed by atoms with Crippen LogP contribution in [0.4, 0.5) is 5.69 Å². The predicted molar refractivity (Wildman–Crippen MR) is 107 cm³/mol. The van der Waals surface area contributed by atoms with Crippen LogP contribution in [0, 0.1) is 11.3 Å². The highest BCUT2D eigenvalue weighted by Crippen LogP contribution is 2.15. The average Bonchev–Trinajstić information content (AvgIpc) is 2.74. The molecule has 2 aliphatic rings. The van der Waals surface area contributed by atoms with Gasteiger partial charge in [0.15, 0.2) is 0 Å². The average molecular weight is 368 g/mol.